The van der Waals surface area contributed by atoms with E-state index in [1.807, 2.05) is 12.1 Å². The van der Waals surface area contributed by atoms with Crippen LogP contribution in [-0.4, -0.2) is 78.5 Å². The van der Waals surface area contributed by atoms with E-state index < -0.39 is 13.1 Å². The number of hydrogen-bond donors (Lipinski definition) is 2. The molecule has 2 heterocycles. The Morgan fingerprint density at radius 3 is 2.84 bits per heavy atom. The molecule has 2 aliphatic heterocycles. The Balaban J connectivity index is 1.46. The predicted octanol–water partition coefficient (Wildman–Crippen LogP) is 1.45. The number of hydrogen-bond acceptors (Lipinski definition) is 6. The third kappa shape index (κ3) is 3.40. The molecule has 0 spiro atoms. The van der Waals surface area contributed by atoms with Crippen LogP contribution in [0.1, 0.15) is 28.3 Å². The van der Waals surface area contributed by atoms with Crippen molar-refractivity contribution < 1.29 is 19.6 Å². The summed E-state index contributed by atoms with van der Waals surface area (Å²) in [6.07, 6.45) is 0.878. The topological polar surface area (TPSA) is 73.2 Å². The number of benzene rings is 1. The molecule has 2 fully saturated rings. The van der Waals surface area contributed by atoms with Crippen molar-refractivity contribution in [2.75, 3.05) is 45.5 Å². The van der Waals surface area contributed by atoms with E-state index >= 15 is 0 Å². The molecule has 134 valence electrons. The number of carbonyl (C=O) groups is 1. The first kappa shape index (κ1) is 17.2. The second kappa shape index (κ2) is 6.83. The molecular weight excluding hydrogens is 339 g/mol. The third-order valence-corrected chi connectivity index (χ3v) is 6.51. The minimum Gasteiger partial charge on any atom is -0.535 e. The summed E-state index contributed by atoms with van der Waals surface area (Å²) in [7, 11) is 1.26. The van der Waals surface area contributed by atoms with Gasteiger partial charge in [-0.2, -0.15) is 0 Å². The molecule has 25 heavy (non-hydrogen) atoms. The second-order valence-electron chi connectivity index (χ2n) is 7.17. The molecule has 0 amide bonds. The summed E-state index contributed by atoms with van der Waals surface area (Å²) < 4.78 is 5.57. The fourth-order valence-corrected chi connectivity index (χ4v) is 4.83. The summed E-state index contributed by atoms with van der Waals surface area (Å²) in [5.41, 5.74) is 1.15. The standard InChI is InChI=1S/C17H23BN2O4S/c1-19-4-6-20(7-5-19)8-9-25-14-3-2-11-12-10-13(12)18(23)24-16(11)15(14)17(21)22/h2-3,12-13,23H,4-10H2,1H3,(H,21,22)/t12-,13-/m1/s1. The molecule has 0 bridgehead atoms. The number of fused-ring (bicyclic) bond motifs is 3. The van der Waals surface area contributed by atoms with E-state index in [9.17, 15) is 14.9 Å². The molecule has 4 rings (SSSR count). The first-order valence-corrected chi connectivity index (χ1v) is 9.82. The predicted molar refractivity (Wildman–Crippen MR) is 97.8 cm³/mol. The number of aromatic carboxylic acids is 1. The Morgan fingerprint density at radius 2 is 2.12 bits per heavy atom. The third-order valence-electron chi connectivity index (χ3n) is 5.47. The van der Waals surface area contributed by atoms with Gasteiger partial charge in [-0.3, -0.25) is 4.90 Å². The van der Waals surface area contributed by atoms with E-state index in [-0.39, 0.29) is 17.3 Å². The van der Waals surface area contributed by atoms with Gasteiger partial charge in [-0.25, -0.2) is 4.79 Å². The van der Waals surface area contributed by atoms with Gasteiger partial charge in [-0.15, -0.1) is 11.8 Å². The summed E-state index contributed by atoms with van der Waals surface area (Å²) in [4.78, 5) is 17.3. The number of thioether (sulfide) groups is 1. The Kier molecular flexibility index (Phi) is 4.70. The lowest BCUT2D eigenvalue weighted by molar-refractivity contribution is 0.0690. The summed E-state index contributed by atoms with van der Waals surface area (Å²) in [6.45, 7) is 5.23. The Hall–Kier alpha value is -1.22. The van der Waals surface area contributed by atoms with Crippen molar-refractivity contribution in [1.29, 1.82) is 0 Å². The lowest BCUT2D eigenvalue weighted by atomic mass is 9.77. The van der Waals surface area contributed by atoms with Crippen LogP contribution in [0.5, 0.6) is 5.75 Å². The maximum absolute atomic E-state index is 11.8. The number of carboxylic acid groups (broad SMARTS) is 1. The first-order valence-electron chi connectivity index (χ1n) is 8.83. The molecule has 1 saturated heterocycles. The van der Waals surface area contributed by atoms with E-state index in [1.54, 1.807) is 11.8 Å². The highest BCUT2D eigenvalue weighted by atomic mass is 32.2. The maximum atomic E-state index is 11.8. The normalized spacial score (nSPS) is 25.9. The highest BCUT2D eigenvalue weighted by Crippen LogP contribution is 2.60. The average molecular weight is 362 g/mol. The van der Waals surface area contributed by atoms with Gasteiger partial charge < -0.3 is 19.7 Å². The van der Waals surface area contributed by atoms with Gasteiger partial charge in [0.1, 0.15) is 11.3 Å². The molecule has 1 aromatic carbocycles. The van der Waals surface area contributed by atoms with Crippen molar-refractivity contribution in [1.82, 2.24) is 9.80 Å². The van der Waals surface area contributed by atoms with Gasteiger partial charge in [0.05, 0.1) is 0 Å². The van der Waals surface area contributed by atoms with Crippen molar-refractivity contribution in [3.05, 3.63) is 23.3 Å². The van der Waals surface area contributed by atoms with E-state index in [4.69, 9.17) is 4.65 Å². The molecular formula is C17H23BN2O4S. The van der Waals surface area contributed by atoms with Crippen LogP contribution in [0.15, 0.2) is 17.0 Å². The van der Waals surface area contributed by atoms with Gasteiger partial charge >= 0.3 is 13.1 Å². The van der Waals surface area contributed by atoms with Gasteiger partial charge in [0.25, 0.3) is 0 Å². The van der Waals surface area contributed by atoms with Gasteiger partial charge in [0, 0.05) is 49.2 Å². The largest absolute Gasteiger partial charge is 0.535 e. The zero-order valence-corrected chi connectivity index (χ0v) is 15.2. The minimum absolute atomic E-state index is 0.130. The molecule has 1 aliphatic carbocycles. The van der Waals surface area contributed by atoms with Crippen LogP contribution in [0.3, 0.4) is 0 Å². The molecule has 3 aliphatic rings. The fourth-order valence-electron chi connectivity index (χ4n) is 3.77. The highest BCUT2D eigenvalue weighted by molar-refractivity contribution is 7.99. The molecule has 1 aromatic rings. The smallest absolute Gasteiger partial charge is 0.526 e. The van der Waals surface area contributed by atoms with E-state index in [1.165, 1.54) is 0 Å². The number of rotatable bonds is 5. The van der Waals surface area contributed by atoms with Crippen LogP contribution in [0.2, 0.25) is 5.82 Å². The molecule has 0 aromatic heterocycles. The van der Waals surface area contributed by atoms with Crippen LogP contribution in [0.25, 0.3) is 0 Å². The number of likely N-dealkylation sites (N-methyl/N-ethyl adjacent to an activating group) is 1. The van der Waals surface area contributed by atoms with Crippen LogP contribution < -0.4 is 4.65 Å². The summed E-state index contributed by atoms with van der Waals surface area (Å²) in [5.74, 6) is 0.622. The van der Waals surface area contributed by atoms with Crippen LogP contribution in [-0.2, 0) is 0 Å². The molecule has 8 heteroatoms. The van der Waals surface area contributed by atoms with Crippen LogP contribution in [0.4, 0.5) is 0 Å². The maximum Gasteiger partial charge on any atom is 0.526 e. The number of nitrogens with zero attached hydrogens (tertiary/aromatic N) is 2. The molecule has 6 nitrogen and oxygen atoms in total. The summed E-state index contributed by atoms with van der Waals surface area (Å²) in [6, 6.07) is 3.89. The van der Waals surface area contributed by atoms with Gasteiger partial charge in [-0.1, -0.05) is 6.07 Å². The van der Waals surface area contributed by atoms with Gasteiger partial charge in [0.2, 0.25) is 0 Å². The van der Waals surface area contributed by atoms with Gasteiger partial charge in [-0.05, 0) is 31.0 Å². The van der Waals surface area contributed by atoms with Crippen molar-refractivity contribution in [2.45, 2.75) is 23.1 Å². The molecule has 2 atom stereocenters. The Morgan fingerprint density at radius 1 is 1.36 bits per heavy atom. The molecule has 0 radical (unpaired) electrons. The van der Waals surface area contributed by atoms with Crippen LogP contribution >= 0.6 is 11.8 Å². The Labute approximate surface area is 152 Å². The summed E-state index contributed by atoms with van der Waals surface area (Å²) >= 11 is 1.56. The van der Waals surface area contributed by atoms with Crippen LogP contribution in [0, 0.1) is 0 Å². The second-order valence-corrected chi connectivity index (χ2v) is 8.31. The first-order chi connectivity index (χ1) is 12.0. The van der Waals surface area contributed by atoms with Gasteiger partial charge in [0.15, 0.2) is 0 Å². The monoisotopic (exact) mass is 362 g/mol. The van der Waals surface area contributed by atoms with Crippen molar-refractivity contribution in [3.8, 4) is 5.75 Å². The van der Waals surface area contributed by atoms with E-state index in [0.29, 0.717) is 5.75 Å². The fraction of sp³-hybridized carbons (Fsp3) is 0.588. The van der Waals surface area contributed by atoms with E-state index in [0.717, 1.165) is 55.4 Å². The zero-order valence-electron chi connectivity index (χ0n) is 14.4. The minimum atomic E-state index is -0.981. The average Bonchev–Trinajstić information content (AvgIpc) is 3.37. The highest BCUT2D eigenvalue weighted by Gasteiger charge is 2.54. The quantitative estimate of drug-likeness (QED) is 0.607. The van der Waals surface area contributed by atoms with Crippen molar-refractivity contribution in [2.24, 2.45) is 0 Å². The molecule has 1 saturated carbocycles. The summed E-state index contributed by atoms with van der Waals surface area (Å²) in [5, 5.41) is 19.7. The molecule has 2 N–H and O–H groups in total. The lowest BCUT2D eigenvalue weighted by Gasteiger charge is -2.32. The van der Waals surface area contributed by atoms with Crippen molar-refractivity contribution >= 4 is 24.8 Å². The SMILES string of the molecule is CN1CCN(CCSc2ccc3c(c2C(=O)O)OB(O)[C@@H]2C[C@H]32)CC1. The lowest BCUT2D eigenvalue weighted by Crippen LogP contribution is -2.45. The number of piperazine rings is 1. The van der Waals surface area contributed by atoms with Crippen molar-refractivity contribution in [3.63, 3.8) is 0 Å². The zero-order chi connectivity index (χ0) is 17.6. The Bertz CT molecular complexity index is 681. The molecule has 0 unspecified atom stereocenters. The van der Waals surface area contributed by atoms with E-state index in [2.05, 4.69) is 16.8 Å². The number of carboxylic acids is 1.